The molecule has 0 bridgehead atoms. The van der Waals surface area contributed by atoms with Crippen LogP contribution in [-0.4, -0.2) is 27.1 Å². The van der Waals surface area contributed by atoms with Gasteiger partial charge >= 0.3 is 0 Å². The molecular weight excluding hydrogens is 340 g/mol. The van der Waals surface area contributed by atoms with Crippen LogP contribution in [0.4, 0.5) is 0 Å². The van der Waals surface area contributed by atoms with Crippen LogP contribution in [0.2, 0.25) is 5.02 Å². The topological polar surface area (TPSA) is 67.5 Å². The number of aliphatic hydroxyl groups is 2. The third-order valence-electron chi connectivity index (χ3n) is 4.01. The highest BCUT2D eigenvalue weighted by atomic mass is 35.5. The Balaban J connectivity index is 1.82. The molecule has 2 N–H and O–H groups in total. The average Bonchev–Trinajstić information content (AvgIpc) is 3.05. The second-order valence-electron chi connectivity index (χ2n) is 5.66. The molecule has 0 aliphatic carbocycles. The molecule has 0 saturated heterocycles. The van der Waals surface area contributed by atoms with Crippen molar-refractivity contribution in [3.63, 3.8) is 0 Å². The molecule has 1 unspecified atom stereocenters. The molecule has 0 aliphatic rings. The molecule has 130 valence electrons. The van der Waals surface area contributed by atoms with Crippen molar-refractivity contribution in [2.45, 2.75) is 19.3 Å². The van der Waals surface area contributed by atoms with Gasteiger partial charge in [-0.25, -0.2) is 0 Å². The number of halogens is 1. The number of ether oxygens (including phenoxy) is 1. The van der Waals surface area contributed by atoms with Crippen molar-refractivity contribution in [3.05, 3.63) is 70.9 Å². The van der Waals surface area contributed by atoms with Gasteiger partial charge < -0.3 is 14.9 Å². The molecule has 2 aromatic carbocycles. The Morgan fingerprint density at radius 3 is 2.40 bits per heavy atom. The van der Waals surface area contributed by atoms with Crippen LogP contribution >= 0.6 is 11.6 Å². The van der Waals surface area contributed by atoms with Crippen LogP contribution in [0.25, 0.3) is 11.3 Å². The van der Waals surface area contributed by atoms with Gasteiger partial charge in [-0.1, -0.05) is 35.9 Å². The van der Waals surface area contributed by atoms with Crippen LogP contribution in [0, 0.1) is 0 Å². The lowest BCUT2D eigenvalue weighted by Crippen LogP contribution is -2.12. The first kappa shape index (κ1) is 17.5. The summed E-state index contributed by atoms with van der Waals surface area (Å²) in [5, 5.41) is 25.2. The summed E-state index contributed by atoms with van der Waals surface area (Å²) >= 11 is 5.91. The van der Waals surface area contributed by atoms with E-state index in [1.807, 2.05) is 30.3 Å². The van der Waals surface area contributed by atoms with Gasteiger partial charge in [0.25, 0.3) is 0 Å². The Labute approximate surface area is 151 Å². The Hall–Kier alpha value is -2.34. The summed E-state index contributed by atoms with van der Waals surface area (Å²) in [4.78, 5) is 0. The fourth-order valence-electron chi connectivity index (χ4n) is 2.60. The summed E-state index contributed by atoms with van der Waals surface area (Å²) in [6.45, 7) is 0.0890. The quantitative estimate of drug-likeness (QED) is 0.708. The van der Waals surface area contributed by atoms with Gasteiger partial charge in [-0.05, 0) is 35.9 Å². The fraction of sp³-hybridized carbons (Fsp3) is 0.211. The zero-order valence-electron chi connectivity index (χ0n) is 13.8. The lowest BCUT2D eigenvalue weighted by Gasteiger charge is -2.13. The molecule has 1 atom stereocenters. The number of hydrogen-bond donors (Lipinski definition) is 2. The first-order valence-electron chi connectivity index (χ1n) is 7.86. The second-order valence-corrected chi connectivity index (χ2v) is 6.09. The van der Waals surface area contributed by atoms with Crippen LogP contribution in [0.3, 0.4) is 0 Å². The SMILES string of the molecule is COc1ccc(C(O)Cn2nc(-c3ccc(Cl)cc3)cc2CO)cc1. The predicted molar refractivity (Wildman–Crippen MR) is 96.5 cm³/mol. The smallest absolute Gasteiger partial charge is 0.118 e. The van der Waals surface area contributed by atoms with Gasteiger partial charge in [-0.15, -0.1) is 0 Å². The Morgan fingerprint density at radius 2 is 1.80 bits per heavy atom. The van der Waals surface area contributed by atoms with Crippen LogP contribution in [-0.2, 0) is 13.2 Å². The van der Waals surface area contributed by atoms with Gasteiger partial charge in [0, 0.05) is 10.6 Å². The molecule has 0 saturated carbocycles. The largest absolute Gasteiger partial charge is 0.497 e. The van der Waals surface area contributed by atoms with Gasteiger partial charge in [-0.2, -0.15) is 5.10 Å². The molecule has 25 heavy (non-hydrogen) atoms. The van der Waals surface area contributed by atoms with Gasteiger partial charge in [0.05, 0.1) is 37.8 Å². The lowest BCUT2D eigenvalue weighted by atomic mass is 10.1. The number of hydrogen-bond acceptors (Lipinski definition) is 4. The molecule has 1 aromatic heterocycles. The van der Waals surface area contributed by atoms with Crippen LogP contribution in [0.1, 0.15) is 17.4 Å². The fourth-order valence-corrected chi connectivity index (χ4v) is 2.72. The van der Waals surface area contributed by atoms with E-state index in [-0.39, 0.29) is 13.2 Å². The first-order chi connectivity index (χ1) is 12.1. The maximum Gasteiger partial charge on any atom is 0.118 e. The summed E-state index contributed by atoms with van der Waals surface area (Å²) in [5.74, 6) is 0.733. The number of aromatic nitrogens is 2. The Kier molecular flexibility index (Phi) is 5.38. The van der Waals surface area contributed by atoms with Gasteiger partial charge in [0.15, 0.2) is 0 Å². The molecule has 0 radical (unpaired) electrons. The van der Waals surface area contributed by atoms with E-state index in [0.29, 0.717) is 10.7 Å². The van der Waals surface area contributed by atoms with Gasteiger partial charge in [0.1, 0.15) is 5.75 Å². The van der Waals surface area contributed by atoms with E-state index in [2.05, 4.69) is 5.10 Å². The molecule has 0 fully saturated rings. The molecule has 5 nitrogen and oxygen atoms in total. The minimum absolute atomic E-state index is 0.157. The van der Waals surface area contributed by atoms with E-state index >= 15 is 0 Å². The number of methoxy groups -OCH3 is 1. The highest BCUT2D eigenvalue weighted by Crippen LogP contribution is 2.24. The molecule has 3 rings (SSSR count). The average molecular weight is 359 g/mol. The van der Waals surface area contributed by atoms with Crippen molar-refractivity contribution in [3.8, 4) is 17.0 Å². The Bertz CT molecular complexity index is 829. The minimum atomic E-state index is -0.742. The van der Waals surface area contributed by atoms with Crippen molar-refractivity contribution < 1.29 is 14.9 Å². The lowest BCUT2D eigenvalue weighted by molar-refractivity contribution is 0.147. The van der Waals surface area contributed by atoms with Crippen LogP contribution in [0.5, 0.6) is 5.75 Å². The van der Waals surface area contributed by atoms with Crippen molar-refractivity contribution in [1.29, 1.82) is 0 Å². The van der Waals surface area contributed by atoms with E-state index in [0.717, 1.165) is 22.6 Å². The monoisotopic (exact) mass is 358 g/mol. The minimum Gasteiger partial charge on any atom is -0.497 e. The van der Waals surface area contributed by atoms with Gasteiger partial charge in [0.2, 0.25) is 0 Å². The first-order valence-corrected chi connectivity index (χ1v) is 8.24. The molecule has 0 amide bonds. The second kappa shape index (κ2) is 7.70. The molecule has 0 aliphatic heterocycles. The van der Waals surface area contributed by atoms with E-state index < -0.39 is 6.10 Å². The molecule has 6 heteroatoms. The van der Waals surface area contributed by atoms with E-state index in [1.54, 1.807) is 36.1 Å². The number of nitrogens with zero attached hydrogens (tertiary/aromatic N) is 2. The maximum atomic E-state index is 10.5. The number of benzene rings is 2. The van der Waals surface area contributed by atoms with Crippen LogP contribution < -0.4 is 4.74 Å². The predicted octanol–water partition coefficient (Wildman–Crippen LogP) is 3.44. The molecular formula is C19H19ClN2O3. The third-order valence-corrected chi connectivity index (χ3v) is 4.26. The van der Waals surface area contributed by atoms with E-state index in [4.69, 9.17) is 16.3 Å². The van der Waals surface area contributed by atoms with Crippen molar-refractivity contribution >= 4 is 11.6 Å². The summed E-state index contributed by atoms with van der Waals surface area (Å²) in [7, 11) is 1.60. The Morgan fingerprint density at radius 1 is 1.12 bits per heavy atom. The molecule has 0 spiro atoms. The molecule has 3 aromatic rings. The highest BCUT2D eigenvalue weighted by Gasteiger charge is 2.14. The zero-order valence-corrected chi connectivity index (χ0v) is 14.5. The van der Waals surface area contributed by atoms with Gasteiger partial charge in [-0.3, -0.25) is 4.68 Å². The summed E-state index contributed by atoms with van der Waals surface area (Å²) in [6, 6.07) is 16.4. The normalized spacial score (nSPS) is 12.2. The summed E-state index contributed by atoms with van der Waals surface area (Å²) in [6.07, 6.45) is -0.742. The highest BCUT2D eigenvalue weighted by molar-refractivity contribution is 6.30. The summed E-state index contributed by atoms with van der Waals surface area (Å²) < 4.78 is 6.75. The molecule has 1 heterocycles. The number of rotatable bonds is 6. The van der Waals surface area contributed by atoms with E-state index in [1.165, 1.54) is 0 Å². The van der Waals surface area contributed by atoms with Crippen molar-refractivity contribution in [1.82, 2.24) is 9.78 Å². The zero-order chi connectivity index (χ0) is 17.8. The van der Waals surface area contributed by atoms with E-state index in [9.17, 15) is 10.2 Å². The number of aliphatic hydroxyl groups excluding tert-OH is 2. The maximum absolute atomic E-state index is 10.5. The summed E-state index contributed by atoms with van der Waals surface area (Å²) in [5.41, 5.74) is 3.02. The standard InChI is InChI=1S/C19H19ClN2O3/c1-25-17-8-4-14(5-9-17)19(24)11-22-16(12-23)10-18(21-22)13-2-6-15(20)7-3-13/h2-10,19,23-24H,11-12H2,1H3. The van der Waals surface area contributed by atoms with Crippen molar-refractivity contribution in [2.24, 2.45) is 0 Å². The third kappa shape index (κ3) is 4.02. The van der Waals surface area contributed by atoms with Crippen molar-refractivity contribution in [2.75, 3.05) is 7.11 Å². The van der Waals surface area contributed by atoms with Crippen LogP contribution in [0.15, 0.2) is 54.6 Å².